The number of likely N-dealkylation sites (N-methyl/N-ethyl adjacent to an activating group) is 1. The molecule has 1 aromatic carbocycles. The molecule has 2 aliphatic heterocycles. The molecule has 5 nitrogen and oxygen atoms in total. The summed E-state index contributed by atoms with van der Waals surface area (Å²) in [6, 6.07) is 3.65. The lowest BCUT2D eigenvalue weighted by Gasteiger charge is -2.48. The van der Waals surface area contributed by atoms with E-state index in [0.29, 0.717) is 30.5 Å². The zero-order valence-electron chi connectivity index (χ0n) is 13.8. The molecule has 5 heteroatoms. The highest BCUT2D eigenvalue weighted by Crippen LogP contribution is 2.50. The van der Waals surface area contributed by atoms with Crippen LogP contribution in [-0.2, 0) is 0 Å². The monoisotopic (exact) mass is 307 g/mol. The molecule has 0 fully saturated rings. The largest absolute Gasteiger partial charge is 0.486 e. The van der Waals surface area contributed by atoms with Crippen LogP contribution in [0, 0.1) is 0 Å². The second-order valence-electron chi connectivity index (χ2n) is 6.32. The number of benzene rings is 1. The lowest BCUT2D eigenvalue weighted by molar-refractivity contribution is -0.0817. The third-order valence-corrected chi connectivity index (χ3v) is 4.59. The molecule has 2 atom stereocenters. The zero-order chi connectivity index (χ0) is 15.9. The lowest BCUT2D eigenvalue weighted by atomic mass is 9.84. The Morgan fingerprint density at radius 1 is 1.14 bits per heavy atom. The van der Waals surface area contributed by atoms with E-state index in [1.54, 1.807) is 0 Å². The smallest absolute Gasteiger partial charge is 0.204 e. The quantitative estimate of drug-likeness (QED) is 0.929. The third kappa shape index (κ3) is 2.32. The Morgan fingerprint density at radius 2 is 1.82 bits per heavy atom. The molecular weight excluding hydrogens is 282 g/mol. The average Bonchev–Trinajstić information content (AvgIpc) is 2.50. The third-order valence-electron chi connectivity index (χ3n) is 4.59. The van der Waals surface area contributed by atoms with Crippen LogP contribution in [0.1, 0.15) is 39.4 Å². The predicted octanol–water partition coefficient (Wildman–Crippen LogP) is 2.37. The van der Waals surface area contributed by atoms with Crippen LogP contribution in [0.25, 0.3) is 0 Å². The molecule has 2 heterocycles. The van der Waals surface area contributed by atoms with Gasteiger partial charge in [-0.05, 0) is 39.1 Å². The van der Waals surface area contributed by atoms with Crippen molar-refractivity contribution in [3.63, 3.8) is 0 Å². The molecule has 1 N–H and O–H groups in total. The molecule has 0 aliphatic carbocycles. The molecule has 0 bridgehead atoms. The molecule has 122 valence electrons. The van der Waals surface area contributed by atoms with Crippen molar-refractivity contribution in [1.82, 2.24) is 4.90 Å². The van der Waals surface area contributed by atoms with Crippen LogP contribution in [0.4, 0.5) is 0 Å². The van der Waals surface area contributed by atoms with Crippen molar-refractivity contribution < 1.29 is 19.3 Å². The summed E-state index contributed by atoms with van der Waals surface area (Å²) in [6.45, 7) is 11.0. The Hall–Kier alpha value is -1.46. The van der Waals surface area contributed by atoms with E-state index in [-0.39, 0.29) is 6.04 Å². The summed E-state index contributed by atoms with van der Waals surface area (Å²) in [4.78, 5) is 2.24. The highest BCUT2D eigenvalue weighted by Gasteiger charge is 2.47. The molecule has 1 aromatic rings. The highest BCUT2D eigenvalue weighted by atomic mass is 16.6. The van der Waals surface area contributed by atoms with Gasteiger partial charge in [0.1, 0.15) is 24.9 Å². The maximum Gasteiger partial charge on any atom is 0.204 e. The molecule has 22 heavy (non-hydrogen) atoms. The minimum atomic E-state index is -0.616. The van der Waals surface area contributed by atoms with Gasteiger partial charge in [-0.3, -0.25) is 4.90 Å². The fourth-order valence-electron chi connectivity index (χ4n) is 3.57. The Bertz CT molecular complexity index is 554. The first-order valence-corrected chi connectivity index (χ1v) is 8.03. The van der Waals surface area contributed by atoms with Crippen LogP contribution in [0.15, 0.2) is 12.1 Å². The van der Waals surface area contributed by atoms with Crippen LogP contribution in [-0.4, -0.2) is 48.0 Å². The number of aliphatic hydroxyl groups is 1. The van der Waals surface area contributed by atoms with Crippen molar-refractivity contribution in [2.75, 3.05) is 26.3 Å². The maximum absolute atomic E-state index is 11.0. The second-order valence-corrected chi connectivity index (χ2v) is 6.32. The van der Waals surface area contributed by atoms with Gasteiger partial charge in [-0.2, -0.15) is 0 Å². The molecule has 0 amide bonds. The summed E-state index contributed by atoms with van der Waals surface area (Å²) >= 11 is 0. The first-order chi connectivity index (χ1) is 10.5. The van der Waals surface area contributed by atoms with Gasteiger partial charge in [-0.1, -0.05) is 13.8 Å². The summed E-state index contributed by atoms with van der Waals surface area (Å²) in [6.07, 6.45) is -0.616. The lowest BCUT2D eigenvalue weighted by Crippen LogP contribution is -2.57. The van der Waals surface area contributed by atoms with Crippen LogP contribution in [0.2, 0.25) is 0 Å². The van der Waals surface area contributed by atoms with Crippen LogP contribution in [0.5, 0.6) is 17.2 Å². The van der Waals surface area contributed by atoms with Gasteiger partial charge in [0.05, 0.1) is 6.04 Å². The fourth-order valence-corrected chi connectivity index (χ4v) is 3.57. The van der Waals surface area contributed by atoms with Crippen molar-refractivity contribution in [2.24, 2.45) is 0 Å². The van der Waals surface area contributed by atoms with Crippen LogP contribution in [0.3, 0.4) is 0 Å². The van der Waals surface area contributed by atoms with E-state index < -0.39 is 11.7 Å². The molecule has 0 aromatic heterocycles. The Kier molecular flexibility index (Phi) is 3.95. The van der Waals surface area contributed by atoms with E-state index >= 15 is 0 Å². The van der Waals surface area contributed by atoms with Gasteiger partial charge < -0.3 is 19.3 Å². The number of hydrogen-bond acceptors (Lipinski definition) is 5. The molecule has 2 aliphatic rings. The van der Waals surface area contributed by atoms with Crippen LogP contribution < -0.4 is 14.2 Å². The number of aliphatic hydroxyl groups excluding tert-OH is 1. The standard InChI is InChI=1S/C17H25NO4/c1-5-18(6-2)16-13(19)11-7-8-12-15(21-10-9-20-12)14(11)22-17(16,3)4/h7-8,13,16,19H,5-6,9-10H2,1-4H3. The van der Waals surface area contributed by atoms with E-state index in [9.17, 15) is 5.11 Å². The van der Waals surface area contributed by atoms with E-state index in [1.165, 1.54) is 0 Å². The molecule has 0 saturated carbocycles. The maximum atomic E-state index is 11.0. The second kappa shape index (κ2) is 5.63. The van der Waals surface area contributed by atoms with Gasteiger partial charge in [0, 0.05) is 5.56 Å². The van der Waals surface area contributed by atoms with Crippen molar-refractivity contribution in [1.29, 1.82) is 0 Å². The van der Waals surface area contributed by atoms with Crippen molar-refractivity contribution in [2.45, 2.75) is 45.4 Å². The summed E-state index contributed by atoms with van der Waals surface area (Å²) in [5.41, 5.74) is 0.259. The normalized spacial score (nSPS) is 25.5. The van der Waals surface area contributed by atoms with Crippen LogP contribution >= 0.6 is 0 Å². The molecule has 0 radical (unpaired) electrons. The molecule has 0 spiro atoms. The average molecular weight is 307 g/mol. The summed E-state index contributed by atoms with van der Waals surface area (Å²) in [5, 5.41) is 11.0. The molecule has 3 rings (SSSR count). The van der Waals surface area contributed by atoms with Gasteiger partial charge in [0.25, 0.3) is 0 Å². The highest BCUT2D eigenvalue weighted by molar-refractivity contribution is 5.58. The number of fused-ring (bicyclic) bond motifs is 3. The SMILES string of the molecule is CCN(CC)C1C(O)c2ccc3c(c2OC1(C)C)OCCO3. The fraction of sp³-hybridized carbons (Fsp3) is 0.647. The van der Waals surface area contributed by atoms with E-state index in [1.807, 2.05) is 26.0 Å². The van der Waals surface area contributed by atoms with Crippen molar-refractivity contribution in [3.05, 3.63) is 17.7 Å². The summed E-state index contributed by atoms with van der Waals surface area (Å²) < 4.78 is 17.6. The van der Waals surface area contributed by atoms with E-state index in [4.69, 9.17) is 14.2 Å². The van der Waals surface area contributed by atoms with Gasteiger partial charge >= 0.3 is 0 Å². The number of nitrogens with zero attached hydrogens (tertiary/aromatic N) is 1. The number of hydrogen-bond donors (Lipinski definition) is 1. The molecule has 2 unspecified atom stereocenters. The number of ether oxygens (including phenoxy) is 3. The minimum absolute atomic E-state index is 0.0995. The number of rotatable bonds is 3. The Morgan fingerprint density at radius 3 is 2.50 bits per heavy atom. The minimum Gasteiger partial charge on any atom is -0.486 e. The summed E-state index contributed by atoms with van der Waals surface area (Å²) in [7, 11) is 0. The van der Waals surface area contributed by atoms with Gasteiger partial charge in [0.15, 0.2) is 11.5 Å². The van der Waals surface area contributed by atoms with Crippen molar-refractivity contribution >= 4 is 0 Å². The van der Waals surface area contributed by atoms with Gasteiger partial charge in [-0.15, -0.1) is 0 Å². The molecular formula is C17H25NO4. The molecule has 0 saturated heterocycles. The first kappa shape index (κ1) is 15.4. The van der Waals surface area contributed by atoms with Gasteiger partial charge in [0.2, 0.25) is 5.75 Å². The zero-order valence-corrected chi connectivity index (χ0v) is 13.8. The topological polar surface area (TPSA) is 51.2 Å². The van der Waals surface area contributed by atoms with Crippen molar-refractivity contribution in [3.8, 4) is 17.2 Å². The Labute approximate surface area is 131 Å². The predicted molar refractivity (Wildman–Crippen MR) is 83.8 cm³/mol. The van der Waals surface area contributed by atoms with Gasteiger partial charge in [-0.25, -0.2) is 0 Å². The summed E-state index contributed by atoms with van der Waals surface area (Å²) in [5.74, 6) is 1.93. The Balaban J connectivity index is 2.07. The van der Waals surface area contributed by atoms with E-state index in [0.717, 1.165) is 18.7 Å². The van der Waals surface area contributed by atoms with E-state index in [2.05, 4.69) is 18.7 Å². The first-order valence-electron chi connectivity index (χ1n) is 8.03.